The summed E-state index contributed by atoms with van der Waals surface area (Å²) in [4.78, 5) is 24.2. The number of ether oxygens (including phenoxy) is 1. The Hall–Kier alpha value is -3.78. The molecule has 1 saturated carbocycles. The zero-order valence-electron chi connectivity index (χ0n) is 23.8. The number of carbonyl (C=O) groups is 1. The molecule has 3 aromatic rings. The number of rotatable bonds is 5. The number of nitrogens with two attached hydrogens (primary N) is 1. The molecular formula is C30H34FN7O2S. The maximum atomic E-state index is 15.8. The molecule has 0 radical (unpaired) electrons. The first-order chi connectivity index (χ1) is 19.8. The number of benzene rings is 1. The van der Waals surface area contributed by atoms with Crippen LogP contribution in [0.3, 0.4) is 0 Å². The van der Waals surface area contributed by atoms with Gasteiger partial charge in [-0.1, -0.05) is 5.92 Å². The fourth-order valence-electron chi connectivity index (χ4n) is 6.01. The lowest BCUT2D eigenvalue weighted by molar-refractivity contribution is 0.0956. The predicted octanol–water partition coefficient (Wildman–Crippen LogP) is 4.26. The summed E-state index contributed by atoms with van der Waals surface area (Å²) in [5, 5.41) is 7.14. The largest absolute Gasteiger partial charge is 0.467 e. The van der Waals surface area contributed by atoms with Gasteiger partial charge < -0.3 is 20.7 Å². The average Bonchev–Trinajstić information content (AvgIpc) is 3.80. The number of thioether (sulfide) groups is 1. The van der Waals surface area contributed by atoms with E-state index in [1.807, 2.05) is 11.6 Å². The van der Waals surface area contributed by atoms with Gasteiger partial charge in [0.2, 0.25) is 0 Å². The third-order valence-electron chi connectivity index (χ3n) is 8.18. The lowest BCUT2D eigenvalue weighted by Crippen LogP contribution is -2.28. The van der Waals surface area contributed by atoms with Gasteiger partial charge in [0.15, 0.2) is 11.5 Å². The van der Waals surface area contributed by atoms with Crippen molar-refractivity contribution >= 4 is 29.2 Å². The fraction of sp³-hybridized carbons (Fsp3) is 0.467. The number of nitrogens with zero attached hydrogens (tertiary/aromatic N) is 5. The number of aromatic nitrogens is 4. The number of nitrogens with one attached hydrogen (secondary N) is 1. The Morgan fingerprint density at radius 1 is 1.27 bits per heavy atom. The fourth-order valence-corrected chi connectivity index (χ4v) is 7.34. The molecule has 214 valence electrons. The van der Waals surface area contributed by atoms with Crippen molar-refractivity contribution in [1.29, 1.82) is 0 Å². The number of fused-ring (bicyclic) bond motifs is 2. The van der Waals surface area contributed by atoms with Gasteiger partial charge in [0.25, 0.3) is 5.91 Å². The van der Waals surface area contributed by atoms with Crippen molar-refractivity contribution in [3.8, 4) is 17.9 Å². The first kappa shape index (κ1) is 27.4. The SMILES string of the molecule is CC#Cc1cc(N)c(F)c(C2Cc3nc(OC)nc(N4CCCn5nc(C(=O)NC)c(C)c5C4)c3CS2)c1C1CC1. The number of aryl methyl sites for hydroxylation is 1. The standard InChI is InChI=1S/C30H34FN7O2S/c1-5-7-18-12-20(32)26(31)25(24(18)17-8-9-17)23-13-21-19(15-41-23)28(35-30(34-21)40-4)37-10-6-11-38-22(14-37)16(2)27(36-38)29(39)33-3/h12,17,23H,6,8-11,13-15,32H2,1-4H3,(H,33,39). The summed E-state index contributed by atoms with van der Waals surface area (Å²) >= 11 is 1.70. The highest BCUT2D eigenvalue weighted by atomic mass is 32.2. The summed E-state index contributed by atoms with van der Waals surface area (Å²) in [6.45, 7) is 5.78. The maximum Gasteiger partial charge on any atom is 0.318 e. The van der Waals surface area contributed by atoms with Crippen molar-refractivity contribution in [1.82, 2.24) is 25.1 Å². The molecule has 0 spiro atoms. The number of hydrogen-bond acceptors (Lipinski definition) is 8. The minimum absolute atomic E-state index is 0.141. The summed E-state index contributed by atoms with van der Waals surface area (Å²) in [5.41, 5.74) is 13.1. The summed E-state index contributed by atoms with van der Waals surface area (Å²) < 4.78 is 23.3. The van der Waals surface area contributed by atoms with E-state index in [0.717, 1.165) is 65.3 Å². The molecule has 6 rings (SSSR count). The molecule has 1 aromatic carbocycles. The van der Waals surface area contributed by atoms with E-state index < -0.39 is 0 Å². The van der Waals surface area contributed by atoms with Gasteiger partial charge >= 0.3 is 6.01 Å². The summed E-state index contributed by atoms with van der Waals surface area (Å²) in [6, 6.07) is 1.98. The van der Waals surface area contributed by atoms with Crippen LogP contribution in [-0.4, -0.2) is 46.4 Å². The molecule has 1 aliphatic carbocycles. The Balaban J connectivity index is 1.39. The first-order valence-electron chi connectivity index (χ1n) is 14.0. The zero-order valence-corrected chi connectivity index (χ0v) is 24.6. The van der Waals surface area contributed by atoms with Crippen molar-refractivity contribution in [2.45, 2.75) is 69.5 Å². The molecule has 0 bridgehead atoms. The predicted molar refractivity (Wildman–Crippen MR) is 158 cm³/mol. The van der Waals surface area contributed by atoms with Gasteiger partial charge in [-0.2, -0.15) is 15.1 Å². The molecular weight excluding hydrogens is 541 g/mol. The van der Waals surface area contributed by atoms with Crippen LogP contribution < -0.4 is 20.7 Å². The van der Waals surface area contributed by atoms with Crippen molar-refractivity contribution in [2.24, 2.45) is 0 Å². The van der Waals surface area contributed by atoms with E-state index in [-0.39, 0.29) is 28.7 Å². The third-order valence-corrected chi connectivity index (χ3v) is 9.44. The van der Waals surface area contributed by atoms with E-state index in [0.29, 0.717) is 42.4 Å². The highest BCUT2D eigenvalue weighted by Crippen LogP contribution is 2.51. The van der Waals surface area contributed by atoms with Crippen LogP contribution in [0.25, 0.3) is 0 Å². The van der Waals surface area contributed by atoms with E-state index in [1.165, 1.54) is 0 Å². The number of halogens is 1. The zero-order chi connectivity index (χ0) is 28.8. The van der Waals surface area contributed by atoms with Crippen LogP contribution in [0.4, 0.5) is 15.9 Å². The molecule has 1 unspecified atom stereocenters. The van der Waals surface area contributed by atoms with Gasteiger partial charge in [0, 0.05) is 59.8 Å². The van der Waals surface area contributed by atoms with Crippen LogP contribution >= 0.6 is 11.8 Å². The monoisotopic (exact) mass is 575 g/mol. The van der Waals surface area contributed by atoms with E-state index in [4.69, 9.17) is 20.4 Å². The van der Waals surface area contributed by atoms with Crippen molar-refractivity contribution < 1.29 is 13.9 Å². The number of carbonyl (C=O) groups excluding carboxylic acids is 1. The van der Waals surface area contributed by atoms with Gasteiger partial charge in [-0.3, -0.25) is 9.48 Å². The molecule has 0 saturated heterocycles. The van der Waals surface area contributed by atoms with Gasteiger partial charge in [0.05, 0.1) is 30.7 Å². The van der Waals surface area contributed by atoms with Crippen molar-refractivity contribution in [3.63, 3.8) is 0 Å². The number of anilines is 2. The molecule has 2 aliphatic heterocycles. The van der Waals surface area contributed by atoms with Crippen molar-refractivity contribution in [2.75, 3.05) is 31.3 Å². The van der Waals surface area contributed by atoms with Gasteiger partial charge in [-0.05, 0) is 50.7 Å². The first-order valence-corrected chi connectivity index (χ1v) is 15.0. The Morgan fingerprint density at radius 2 is 2.07 bits per heavy atom. The molecule has 41 heavy (non-hydrogen) atoms. The molecule has 11 heteroatoms. The van der Waals surface area contributed by atoms with Crippen molar-refractivity contribution in [3.05, 3.63) is 56.8 Å². The van der Waals surface area contributed by atoms with Crippen LogP contribution in [0, 0.1) is 24.6 Å². The number of nitrogen functional groups attached to an aromatic ring is 1. The van der Waals surface area contributed by atoms with E-state index >= 15 is 4.39 Å². The Kier molecular flexibility index (Phi) is 7.28. The lowest BCUT2D eigenvalue weighted by atomic mass is 9.91. The van der Waals surface area contributed by atoms with Gasteiger partial charge in [-0.15, -0.1) is 17.7 Å². The Bertz CT molecular complexity index is 1600. The lowest BCUT2D eigenvalue weighted by Gasteiger charge is -2.31. The second-order valence-corrected chi connectivity index (χ2v) is 12.0. The molecule has 4 heterocycles. The van der Waals surface area contributed by atoms with E-state index in [9.17, 15) is 4.79 Å². The quantitative estimate of drug-likeness (QED) is 0.343. The molecule has 1 amide bonds. The van der Waals surface area contributed by atoms with Crippen LogP contribution in [0.1, 0.15) is 87.0 Å². The average molecular weight is 576 g/mol. The minimum Gasteiger partial charge on any atom is -0.467 e. The highest BCUT2D eigenvalue weighted by Gasteiger charge is 2.37. The van der Waals surface area contributed by atoms with E-state index in [1.54, 1.807) is 38.9 Å². The topological polar surface area (TPSA) is 111 Å². The Morgan fingerprint density at radius 3 is 2.78 bits per heavy atom. The molecule has 9 nitrogen and oxygen atoms in total. The second-order valence-electron chi connectivity index (χ2n) is 10.8. The van der Waals surface area contributed by atoms with Crippen LogP contribution in [0.15, 0.2) is 6.07 Å². The van der Waals surface area contributed by atoms with Gasteiger partial charge in [-0.25, -0.2) is 4.39 Å². The number of methoxy groups -OCH3 is 1. The van der Waals surface area contributed by atoms with Crippen LogP contribution in [-0.2, 0) is 25.3 Å². The van der Waals surface area contributed by atoms with Crippen LogP contribution in [0.5, 0.6) is 6.01 Å². The summed E-state index contributed by atoms with van der Waals surface area (Å²) in [5.74, 6) is 7.40. The Labute approximate surface area is 243 Å². The molecule has 3 aliphatic rings. The molecule has 1 atom stereocenters. The second kappa shape index (κ2) is 10.9. The summed E-state index contributed by atoms with van der Waals surface area (Å²) in [7, 11) is 3.18. The van der Waals surface area contributed by atoms with Crippen LogP contribution in [0.2, 0.25) is 0 Å². The third kappa shape index (κ3) is 4.88. The summed E-state index contributed by atoms with van der Waals surface area (Å²) in [6.07, 6.45) is 3.46. The molecule has 3 N–H and O–H groups in total. The van der Waals surface area contributed by atoms with E-state index in [2.05, 4.69) is 27.2 Å². The smallest absolute Gasteiger partial charge is 0.318 e. The normalized spacial score (nSPS) is 18.1. The molecule has 1 fully saturated rings. The maximum absolute atomic E-state index is 15.8. The highest BCUT2D eigenvalue weighted by molar-refractivity contribution is 7.98. The molecule has 2 aromatic heterocycles. The minimum atomic E-state index is -0.334. The van der Waals surface area contributed by atoms with Gasteiger partial charge in [0.1, 0.15) is 5.82 Å². The number of amides is 1. The number of hydrogen-bond donors (Lipinski definition) is 2.